The zero-order valence-corrected chi connectivity index (χ0v) is 15.7. The summed E-state index contributed by atoms with van der Waals surface area (Å²) in [6, 6.07) is 11.1. The quantitative estimate of drug-likeness (QED) is 0.732. The van der Waals surface area contributed by atoms with Gasteiger partial charge in [-0.25, -0.2) is 0 Å². The molecule has 1 aromatic carbocycles. The van der Waals surface area contributed by atoms with Crippen molar-refractivity contribution in [3.63, 3.8) is 0 Å². The third kappa shape index (κ3) is 4.58. The summed E-state index contributed by atoms with van der Waals surface area (Å²) < 4.78 is 6.10. The van der Waals surface area contributed by atoms with Crippen molar-refractivity contribution >= 4 is 0 Å². The van der Waals surface area contributed by atoms with Crippen LogP contribution in [0.15, 0.2) is 30.3 Å². The predicted molar refractivity (Wildman–Crippen MR) is 98.6 cm³/mol. The fourth-order valence-electron chi connectivity index (χ4n) is 4.00. The van der Waals surface area contributed by atoms with Crippen LogP contribution in [0.3, 0.4) is 0 Å². The largest absolute Gasteiger partial charge is 0.375 e. The lowest BCUT2D eigenvalue weighted by molar-refractivity contribution is -0.132. The maximum absolute atomic E-state index is 6.10. The summed E-state index contributed by atoms with van der Waals surface area (Å²) in [5.74, 6) is 0.700. The van der Waals surface area contributed by atoms with Crippen LogP contribution in [-0.2, 0) is 4.74 Å². The molecule has 1 aromatic rings. The van der Waals surface area contributed by atoms with E-state index in [9.17, 15) is 0 Å². The molecule has 0 unspecified atom stereocenters. The summed E-state index contributed by atoms with van der Waals surface area (Å²) in [6.07, 6.45) is 4.73. The molecule has 1 N–H and O–H groups in total. The second-order valence-corrected chi connectivity index (χ2v) is 7.93. The molecule has 1 aliphatic heterocycles. The summed E-state index contributed by atoms with van der Waals surface area (Å²) in [7, 11) is 0. The average Bonchev–Trinajstić information content (AvgIpc) is 2.55. The van der Waals surface area contributed by atoms with Gasteiger partial charge in [-0.2, -0.15) is 0 Å². The van der Waals surface area contributed by atoms with Crippen LogP contribution in [0.1, 0.15) is 71.9 Å². The molecule has 0 spiro atoms. The zero-order chi connectivity index (χ0) is 16.9. The number of rotatable bonds is 7. The highest BCUT2D eigenvalue weighted by atomic mass is 16.5. The van der Waals surface area contributed by atoms with Crippen molar-refractivity contribution in [2.75, 3.05) is 13.2 Å². The van der Waals surface area contributed by atoms with Gasteiger partial charge in [-0.05, 0) is 63.0 Å². The molecule has 0 bridgehead atoms. The van der Waals surface area contributed by atoms with Crippen molar-refractivity contribution in [3.05, 3.63) is 35.9 Å². The summed E-state index contributed by atoms with van der Waals surface area (Å²) in [5.41, 5.74) is 1.84. The highest BCUT2D eigenvalue weighted by Crippen LogP contribution is 2.47. The van der Waals surface area contributed by atoms with E-state index in [0.717, 1.165) is 19.6 Å². The normalized spacial score (nSPS) is 29.7. The smallest absolute Gasteiger partial charge is 0.0657 e. The summed E-state index contributed by atoms with van der Waals surface area (Å²) in [5, 5.41) is 3.73. The van der Waals surface area contributed by atoms with Crippen molar-refractivity contribution in [1.82, 2.24) is 5.32 Å². The molecule has 0 amide bonds. The highest BCUT2D eigenvalue weighted by Gasteiger charge is 2.43. The molecule has 1 fully saturated rings. The van der Waals surface area contributed by atoms with E-state index in [1.54, 1.807) is 0 Å². The van der Waals surface area contributed by atoms with Gasteiger partial charge in [-0.15, -0.1) is 0 Å². The first kappa shape index (κ1) is 18.5. The van der Waals surface area contributed by atoms with Crippen LogP contribution in [0.25, 0.3) is 0 Å². The number of hydrogen-bond acceptors (Lipinski definition) is 2. The molecule has 2 nitrogen and oxygen atoms in total. The number of nitrogens with one attached hydrogen (secondary N) is 1. The molecule has 0 aliphatic carbocycles. The van der Waals surface area contributed by atoms with Crippen LogP contribution in [0.2, 0.25) is 0 Å². The Balaban J connectivity index is 1.95. The lowest BCUT2D eigenvalue weighted by Crippen LogP contribution is -2.46. The second kappa shape index (κ2) is 7.81. The van der Waals surface area contributed by atoms with Gasteiger partial charge in [-0.1, -0.05) is 51.1 Å². The van der Waals surface area contributed by atoms with Crippen molar-refractivity contribution in [2.45, 2.75) is 71.9 Å². The van der Waals surface area contributed by atoms with Crippen LogP contribution in [0.5, 0.6) is 0 Å². The molecule has 1 heterocycles. The Labute approximate surface area is 143 Å². The van der Waals surface area contributed by atoms with Crippen LogP contribution in [0, 0.1) is 11.3 Å². The fourth-order valence-corrected chi connectivity index (χ4v) is 4.00. The Hall–Kier alpha value is -0.860. The molecule has 2 rings (SSSR count). The molecule has 1 aliphatic rings. The Morgan fingerprint density at radius 1 is 1.17 bits per heavy atom. The van der Waals surface area contributed by atoms with E-state index in [2.05, 4.69) is 70.3 Å². The van der Waals surface area contributed by atoms with Gasteiger partial charge in [0, 0.05) is 12.6 Å². The zero-order valence-electron chi connectivity index (χ0n) is 15.7. The van der Waals surface area contributed by atoms with Gasteiger partial charge in [0.15, 0.2) is 0 Å². The average molecular weight is 318 g/mol. The third-order valence-corrected chi connectivity index (χ3v) is 6.12. The van der Waals surface area contributed by atoms with Crippen LogP contribution >= 0.6 is 0 Å². The molecule has 130 valence electrons. The molecule has 0 aromatic heterocycles. The number of benzene rings is 1. The number of ether oxygens (including phenoxy) is 1. The Kier molecular flexibility index (Phi) is 6.27. The monoisotopic (exact) mass is 317 g/mol. The minimum atomic E-state index is 0.0631. The standard InChI is InChI=1S/C21H35NO/c1-6-20(5)16-21(17(2)3,13-15-23-20)12-14-22-18(4)19-10-8-7-9-11-19/h7-11,17-18,22H,6,12-16H2,1-5H3/t18-,20-,21-/m1/s1. The van der Waals surface area contributed by atoms with Gasteiger partial charge < -0.3 is 10.1 Å². The van der Waals surface area contributed by atoms with E-state index < -0.39 is 0 Å². The van der Waals surface area contributed by atoms with E-state index >= 15 is 0 Å². The Bertz CT molecular complexity index is 472. The first-order valence-corrected chi connectivity index (χ1v) is 9.33. The minimum absolute atomic E-state index is 0.0631. The van der Waals surface area contributed by atoms with Crippen molar-refractivity contribution in [1.29, 1.82) is 0 Å². The Morgan fingerprint density at radius 3 is 2.48 bits per heavy atom. The molecule has 1 saturated heterocycles. The summed E-state index contributed by atoms with van der Waals surface area (Å²) in [4.78, 5) is 0. The van der Waals surface area contributed by atoms with Gasteiger partial charge in [0.05, 0.1) is 5.60 Å². The lowest BCUT2D eigenvalue weighted by Gasteiger charge is -2.49. The van der Waals surface area contributed by atoms with Crippen LogP contribution < -0.4 is 5.32 Å². The minimum Gasteiger partial charge on any atom is -0.375 e. The fraction of sp³-hybridized carbons (Fsp3) is 0.714. The first-order chi connectivity index (χ1) is 10.9. The van der Waals surface area contributed by atoms with E-state index in [1.807, 2.05) is 0 Å². The lowest BCUT2D eigenvalue weighted by atomic mass is 9.64. The van der Waals surface area contributed by atoms with E-state index in [1.165, 1.54) is 24.8 Å². The van der Waals surface area contributed by atoms with E-state index in [-0.39, 0.29) is 5.60 Å². The Morgan fingerprint density at radius 2 is 1.87 bits per heavy atom. The topological polar surface area (TPSA) is 21.3 Å². The van der Waals surface area contributed by atoms with Crippen LogP contribution in [0.4, 0.5) is 0 Å². The van der Waals surface area contributed by atoms with Crippen molar-refractivity contribution in [3.8, 4) is 0 Å². The summed E-state index contributed by atoms with van der Waals surface area (Å²) in [6.45, 7) is 13.6. The van der Waals surface area contributed by atoms with Gasteiger partial charge >= 0.3 is 0 Å². The predicted octanol–water partition coefficient (Wildman–Crippen LogP) is 5.35. The maximum atomic E-state index is 6.10. The third-order valence-electron chi connectivity index (χ3n) is 6.12. The molecule has 0 saturated carbocycles. The van der Waals surface area contributed by atoms with Crippen molar-refractivity contribution < 1.29 is 4.74 Å². The summed E-state index contributed by atoms with van der Waals surface area (Å²) >= 11 is 0. The maximum Gasteiger partial charge on any atom is 0.0657 e. The van der Waals surface area contributed by atoms with Gasteiger partial charge in [-0.3, -0.25) is 0 Å². The van der Waals surface area contributed by atoms with E-state index in [4.69, 9.17) is 4.74 Å². The molecule has 2 heteroatoms. The van der Waals surface area contributed by atoms with Crippen LogP contribution in [-0.4, -0.2) is 18.8 Å². The number of hydrogen-bond donors (Lipinski definition) is 1. The molecule has 0 radical (unpaired) electrons. The molecule has 3 atom stereocenters. The molecular formula is C21H35NO. The molecule has 23 heavy (non-hydrogen) atoms. The van der Waals surface area contributed by atoms with Gasteiger partial charge in [0.1, 0.15) is 0 Å². The molecular weight excluding hydrogens is 282 g/mol. The highest BCUT2D eigenvalue weighted by molar-refractivity contribution is 5.18. The SMILES string of the molecule is CC[C@]1(C)C[C@](CCN[C@H](C)c2ccccc2)(C(C)C)CCO1. The second-order valence-electron chi connectivity index (χ2n) is 7.93. The van der Waals surface area contributed by atoms with E-state index in [0.29, 0.717) is 17.4 Å². The van der Waals surface area contributed by atoms with Crippen molar-refractivity contribution in [2.24, 2.45) is 11.3 Å². The van der Waals surface area contributed by atoms with Gasteiger partial charge in [0.2, 0.25) is 0 Å². The van der Waals surface area contributed by atoms with Gasteiger partial charge in [0.25, 0.3) is 0 Å². The first-order valence-electron chi connectivity index (χ1n) is 9.33.